The van der Waals surface area contributed by atoms with Crippen LogP contribution in [0.5, 0.6) is 0 Å². The molecule has 0 spiro atoms. The van der Waals surface area contributed by atoms with Crippen molar-refractivity contribution in [2.24, 2.45) is 5.84 Å². The molecule has 0 aliphatic heterocycles. The summed E-state index contributed by atoms with van der Waals surface area (Å²) in [6, 6.07) is 8.17. The summed E-state index contributed by atoms with van der Waals surface area (Å²) in [7, 11) is 0. The molecule has 1 unspecified atom stereocenters. The van der Waals surface area contributed by atoms with Crippen molar-refractivity contribution in [3.05, 3.63) is 58.2 Å². The number of furan rings is 1. The highest BCUT2D eigenvalue weighted by Gasteiger charge is 2.15. The van der Waals surface area contributed by atoms with Gasteiger partial charge in [0.1, 0.15) is 11.6 Å². The van der Waals surface area contributed by atoms with Crippen LogP contribution in [0.25, 0.3) is 0 Å². The Hall–Kier alpha value is -1.17. The van der Waals surface area contributed by atoms with Crippen LogP contribution < -0.4 is 11.3 Å². The van der Waals surface area contributed by atoms with Gasteiger partial charge in [-0.2, -0.15) is 0 Å². The molecule has 0 aliphatic rings. The first kappa shape index (κ1) is 12.3. The summed E-state index contributed by atoms with van der Waals surface area (Å²) in [4.78, 5) is 0. The standard InChI is InChI=1S/C12H12BrFN2O/c13-9-3-4-10(14)8(6-9)7-11(16-15)12-2-1-5-17-12/h1-6,11,16H,7,15H2. The van der Waals surface area contributed by atoms with Gasteiger partial charge in [0.15, 0.2) is 0 Å². The van der Waals surface area contributed by atoms with Crippen LogP contribution in [0.1, 0.15) is 17.4 Å². The zero-order chi connectivity index (χ0) is 12.3. The molecule has 0 saturated carbocycles. The van der Waals surface area contributed by atoms with Crippen LogP contribution in [0.15, 0.2) is 45.5 Å². The molecule has 2 aromatic rings. The summed E-state index contributed by atoms with van der Waals surface area (Å²) in [5, 5.41) is 0. The van der Waals surface area contributed by atoms with E-state index >= 15 is 0 Å². The van der Waals surface area contributed by atoms with Gasteiger partial charge < -0.3 is 4.42 Å². The van der Waals surface area contributed by atoms with Gasteiger partial charge in [0.2, 0.25) is 0 Å². The number of nitrogens with one attached hydrogen (secondary N) is 1. The Morgan fingerprint density at radius 1 is 1.41 bits per heavy atom. The Labute approximate surface area is 107 Å². The van der Waals surface area contributed by atoms with E-state index in [0.29, 0.717) is 17.7 Å². The first-order valence-corrected chi connectivity index (χ1v) is 5.93. The topological polar surface area (TPSA) is 51.2 Å². The van der Waals surface area contributed by atoms with E-state index in [1.165, 1.54) is 6.07 Å². The lowest BCUT2D eigenvalue weighted by Gasteiger charge is -2.14. The van der Waals surface area contributed by atoms with Gasteiger partial charge in [0.05, 0.1) is 12.3 Å². The molecule has 2 rings (SSSR count). The number of benzene rings is 1. The highest BCUT2D eigenvalue weighted by Crippen LogP contribution is 2.22. The largest absolute Gasteiger partial charge is 0.468 e. The van der Waals surface area contributed by atoms with Crippen LogP contribution in [-0.4, -0.2) is 0 Å². The summed E-state index contributed by atoms with van der Waals surface area (Å²) in [6.45, 7) is 0. The van der Waals surface area contributed by atoms with Crippen LogP contribution in [-0.2, 0) is 6.42 Å². The van der Waals surface area contributed by atoms with E-state index in [1.807, 2.05) is 0 Å². The summed E-state index contributed by atoms with van der Waals surface area (Å²) >= 11 is 3.32. The lowest BCUT2D eigenvalue weighted by atomic mass is 10.0. The number of rotatable bonds is 4. The Balaban J connectivity index is 2.21. The second-order valence-electron chi connectivity index (χ2n) is 3.67. The quantitative estimate of drug-likeness (QED) is 0.674. The minimum absolute atomic E-state index is 0.242. The SMILES string of the molecule is NNC(Cc1cc(Br)ccc1F)c1ccco1. The first-order chi connectivity index (χ1) is 8.20. The molecule has 0 radical (unpaired) electrons. The van der Waals surface area contributed by atoms with E-state index < -0.39 is 0 Å². The molecule has 0 saturated heterocycles. The van der Waals surface area contributed by atoms with Crippen molar-refractivity contribution in [3.8, 4) is 0 Å². The predicted octanol–water partition coefficient (Wildman–Crippen LogP) is 2.93. The lowest BCUT2D eigenvalue weighted by Crippen LogP contribution is -2.29. The molecule has 1 aromatic heterocycles. The first-order valence-electron chi connectivity index (χ1n) is 5.14. The average Bonchev–Trinajstić information content (AvgIpc) is 2.84. The summed E-state index contributed by atoms with van der Waals surface area (Å²) in [6.07, 6.45) is 1.99. The number of nitrogens with two attached hydrogens (primary N) is 1. The number of hydrogen-bond donors (Lipinski definition) is 2. The molecule has 3 N–H and O–H groups in total. The van der Waals surface area contributed by atoms with Crippen molar-refractivity contribution >= 4 is 15.9 Å². The van der Waals surface area contributed by atoms with Crippen molar-refractivity contribution < 1.29 is 8.81 Å². The van der Waals surface area contributed by atoms with Crippen molar-refractivity contribution in [2.75, 3.05) is 0 Å². The smallest absolute Gasteiger partial charge is 0.126 e. The molecule has 1 heterocycles. The van der Waals surface area contributed by atoms with Gasteiger partial charge >= 0.3 is 0 Å². The van der Waals surface area contributed by atoms with Crippen LogP contribution in [0.4, 0.5) is 4.39 Å². The van der Waals surface area contributed by atoms with Gasteiger partial charge in [-0.15, -0.1) is 0 Å². The summed E-state index contributed by atoms with van der Waals surface area (Å²) in [5.41, 5.74) is 3.21. The Morgan fingerprint density at radius 2 is 2.24 bits per heavy atom. The Kier molecular flexibility index (Phi) is 3.93. The summed E-state index contributed by atoms with van der Waals surface area (Å²) < 4.78 is 19.7. The minimum Gasteiger partial charge on any atom is -0.468 e. The van der Waals surface area contributed by atoms with Crippen molar-refractivity contribution in [2.45, 2.75) is 12.5 Å². The second kappa shape index (κ2) is 5.44. The number of hydrogen-bond acceptors (Lipinski definition) is 3. The molecular weight excluding hydrogens is 287 g/mol. The van der Waals surface area contributed by atoms with Gasteiger partial charge in [0.25, 0.3) is 0 Å². The highest BCUT2D eigenvalue weighted by molar-refractivity contribution is 9.10. The zero-order valence-corrected chi connectivity index (χ0v) is 10.6. The molecule has 0 fully saturated rings. The molecule has 5 heteroatoms. The molecule has 17 heavy (non-hydrogen) atoms. The molecule has 0 bridgehead atoms. The molecule has 0 amide bonds. The fraction of sp³-hybridized carbons (Fsp3) is 0.167. The molecule has 1 aromatic carbocycles. The van der Waals surface area contributed by atoms with Gasteiger partial charge in [-0.3, -0.25) is 5.84 Å². The normalized spacial score (nSPS) is 12.6. The average molecular weight is 299 g/mol. The van der Waals surface area contributed by atoms with E-state index in [-0.39, 0.29) is 11.9 Å². The van der Waals surface area contributed by atoms with Gasteiger partial charge in [-0.05, 0) is 42.3 Å². The molecular formula is C12H12BrFN2O. The zero-order valence-electron chi connectivity index (χ0n) is 8.99. The van der Waals surface area contributed by atoms with Crippen molar-refractivity contribution in [1.82, 2.24) is 5.43 Å². The third-order valence-electron chi connectivity index (χ3n) is 2.52. The maximum absolute atomic E-state index is 13.6. The van der Waals surface area contributed by atoms with E-state index in [4.69, 9.17) is 10.3 Å². The molecule has 0 aliphatic carbocycles. The van der Waals surface area contributed by atoms with Gasteiger partial charge in [-0.25, -0.2) is 9.82 Å². The van der Waals surface area contributed by atoms with E-state index in [2.05, 4.69) is 21.4 Å². The second-order valence-corrected chi connectivity index (χ2v) is 4.59. The highest BCUT2D eigenvalue weighted by atomic mass is 79.9. The third kappa shape index (κ3) is 2.94. The van der Waals surface area contributed by atoms with Crippen LogP contribution in [0.2, 0.25) is 0 Å². The number of hydrazine groups is 1. The van der Waals surface area contributed by atoms with Crippen molar-refractivity contribution in [3.63, 3.8) is 0 Å². The van der Waals surface area contributed by atoms with E-state index in [1.54, 1.807) is 30.5 Å². The Morgan fingerprint density at radius 3 is 2.88 bits per heavy atom. The maximum atomic E-state index is 13.6. The molecule has 3 nitrogen and oxygen atoms in total. The van der Waals surface area contributed by atoms with E-state index in [0.717, 1.165) is 4.47 Å². The third-order valence-corrected chi connectivity index (χ3v) is 3.01. The summed E-state index contributed by atoms with van der Waals surface area (Å²) in [5.74, 6) is 5.89. The fourth-order valence-corrected chi connectivity index (χ4v) is 2.06. The minimum atomic E-state index is -0.250. The monoisotopic (exact) mass is 298 g/mol. The Bertz CT molecular complexity index is 487. The molecule has 90 valence electrons. The van der Waals surface area contributed by atoms with Crippen LogP contribution in [0, 0.1) is 5.82 Å². The molecule has 1 atom stereocenters. The van der Waals surface area contributed by atoms with Gasteiger partial charge in [-0.1, -0.05) is 15.9 Å². The van der Waals surface area contributed by atoms with E-state index in [9.17, 15) is 4.39 Å². The van der Waals surface area contributed by atoms with Crippen LogP contribution >= 0.6 is 15.9 Å². The lowest BCUT2D eigenvalue weighted by molar-refractivity contribution is 0.412. The maximum Gasteiger partial charge on any atom is 0.126 e. The predicted molar refractivity (Wildman–Crippen MR) is 66.6 cm³/mol. The number of halogens is 2. The van der Waals surface area contributed by atoms with Crippen molar-refractivity contribution in [1.29, 1.82) is 0 Å². The van der Waals surface area contributed by atoms with Crippen LogP contribution in [0.3, 0.4) is 0 Å². The van der Waals surface area contributed by atoms with Gasteiger partial charge in [0, 0.05) is 4.47 Å². The fourth-order valence-electron chi connectivity index (χ4n) is 1.65.